The summed E-state index contributed by atoms with van der Waals surface area (Å²) in [6.45, 7) is 4.46. The first kappa shape index (κ1) is 12.7. The molecule has 1 aliphatic carbocycles. The smallest absolute Gasteiger partial charge is 0.0482 e. The van der Waals surface area contributed by atoms with Crippen LogP contribution in [0.3, 0.4) is 0 Å². The van der Waals surface area contributed by atoms with Crippen LogP contribution in [0, 0.1) is 6.92 Å². The third-order valence-corrected chi connectivity index (χ3v) is 4.40. The average molecular weight is 256 g/mol. The molecule has 0 unspecified atom stereocenters. The van der Waals surface area contributed by atoms with Crippen LogP contribution < -0.4 is 5.32 Å². The molecule has 1 aromatic carbocycles. The van der Waals surface area contributed by atoms with Crippen LogP contribution in [0.15, 0.2) is 30.5 Å². The Morgan fingerprint density at radius 2 is 2.05 bits per heavy atom. The number of aryl methyl sites for hydroxylation is 2. The zero-order valence-electron chi connectivity index (χ0n) is 11.9. The van der Waals surface area contributed by atoms with Crippen LogP contribution in [-0.2, 0) is 6.54 Å². The van der Waals surface area contributed by atoms with Crippen molar-refractivity contribution in [2.75, 3.05) is 6.54 Å². The van der Waals surface area contributed by atoms with Crippen molar-refractivity contribution < 1.29 is 0 Å². The molecule has 102 valence electrons. The second kappa shape index (κ2) is 5.79. The highest BCUT2D eigenvalue weighted by Crippen LogP contribution is 2.20. The first-order chi connectivity index (χ1) is 9.34. The van der Waals surface area contributed by atoms with Gasteiger partial charge in [0.1, 0.15) is 0 Å². The number of aromatic nitrogens is 1. The fraction of sp³-hybridized carbons (Fsp3) is 0.529. The lowest BCUT2D eigenvalue weighted by atomic mass is 10.1. The molecule has 1 saturated carbocycles. The number of nitrogens with one attached hydrogen (secondary N) is 1. The molecule has 1 aliphatic rings. The predicted molar refractivity (Wildman–Crippen MR) is 81.6 cm³/mol. The van der Waals surface area contributed by atoms with Gasteiger partial charge in [-0.25, -0.2) is 0 Å². The SMILES string of the molecule is Cc1cccc2c1ccn2CCCNC1CCCC1. The minimum absolute atomic E-state index is 0.795. The van der Waals surface area contributed by atoms with E-state index >= 15 is 0 Å². The third kappa shape index (κ3) is 2.84. The molecule has 1 fully saturated rings. The van der Waals surface area contributed by atoms with Gasteiger partial charge in [0.2, 0.25) is 0 Å². The molecule has 1 heterocycles. The summed E-state index contributed by atoms with van der Waals surface area (Å²) in [6, 6.07) is 9.62. The normalized spacial score (nSPS) is 16.5. The summed E-state index contributed by atoms with van der Waals surface area (Å²) in [4.78, 5) is 0. The lowest BCUT2D eigenvalue weighted by Gasteiger charge is -2.12. The van der Waals surface area contributed by atoms with Gasteiger partial charge >= 0.3 is 0 Å². The van der Waals surface area contributed by atoms with Gasteiger partial charge in [0, 0.05) is 29.7 Å². The molecule has 0 amide bonds. The highest BCUT2D eigenvalue weighted by Gasteiger charge is 2.13. The molecule has 2 heteroatoms. The Hall–Kier alpha value is -1.28. The molecule has 0 saturated heterocycles. The molecule has 2 aromatic rings. The van der Waals surface area contributed by atoms with Crippen molar-refractivity contribution in [3.8, 4) is 0 Å². The van der Waals surface area contributed by atoms with E-state index in [-0.39, 0.29) is 0 Å². The predicted octanol–water partition coefficient (Wildman–Crippen LogP) is 3.87. The monoisotopic (exact) mass is 256 g/mol. The molecule has 3 rings (SSSR count). The Morgan fingerprint density at radius 3 is 2.89 bits per heavy atom. The minimum atomic E-state index is 0.795. The largest absolute Gasteiger partial charge is 0.347 e. The van der Waals surface area contributed by atoms with Crippen molar-refractivity contribution in [2.45, 2.75) is 51.6 Å². The average Bonchev–Trinajstić information content (AvgIpc) is 3.05. The standard InChI is InChI=1S/C17H24N2/c1-14-6-4-9-17-16(14)10-13-19(17)12-5-11-18-15-7-2-3-8-15/h4,6,9-10,13,15,18H,2-3,5,7-8,11-12H2,1H3. The van der Waals surface area contributed by atoms with Gasteiger partial charge in [0.25, 0.3) is 0 Å². The third-order valence-electron chi connectivity index (χ3n) is 4.40. The molecule has 1 aromatic heterocycles. The fourth-order valence-corrected chi connectivity index (χ4v) is 3.26. The van der Waals surface area contributed by atoms with E-state index in [0.717, 1.165) is 19.1 Å². The second-order valence-electron chi connectivity index (χ2n) is 5.81. The molecule has 1 N–H and O–H groups in total. The zero-order valence-corrected chi connectivity index (χ0v) is 11.9. The summed E-state index contributed by atoms with van der Waals surface area (Å²) in [6.07, 6.45) is 9.04. The molecule has 0 atom stereocenters. The Kier molecular flexibility index (Phi) is 3.88. The maximum absolute atomic E-state index is 3.69. The first-order valence-corrected chi connectivity index (χ1v) is 7.62. The van der Waals surface area contributed by atoms with Crippen LogP contribution in [0.25, 0.3) is 10.9 Å². The highest BCUT2D eigenvalue weighted by atomic mass is 15.0. The van der Waals surface area contributed by atoms with E-state index in [0.29, 0.717) is 0 Å². The van der Waals surface area contributed by atoms with Crippen molar-refractivity contribution in [2.24, 2.45) is 0 Å². The van der Waals surface area contributed by atoms with Crippen LogP contribution in [0.4, 0.5) is 0 Å². The van der Waals surface area contributed by atoms with Crippen molar-refractivity contribution in [3.05, 3.63) is 36.0 Å². The lowest BCUT2D eigenvalue weighted by Crippen LogP contribution is -2.27. The van der Waals surface area contributed by atoms with Crippen LogP contribution in [0.2, 0.25) is 0 Å². The summed E-state index contributed by atoms with van der Waals surface area (Å²) >= 11 is 0. The number of rotatable bonds is 5. The van der Waals surface area contributed by atoms with Gasteiger partial charge in [-0.3, -0.25) is 0 Å². The fourth-order valence-electron chi connectivity index (χ4n) is 3.26. The molecule has 0 bridgehead atoms. The van der Waals surface area contributed by atoms with E-state index in [4.69, 9.17) is 0 Å². The maximum Gasteiger partial charge on any atom is 0.0482 e. The van der Waals surface area contributed by atoms with E-state index in [9.17, 15) is 0 Å². The van der Waals surface area contributed by atoms with Crippen LogP contribution >= 0.6 is 0 Å². The highest BCUT2D eigenvalue weighted by molar-refractivity contribution is 5.83. The molecule has 0 radical (unpaired) electrons. The van der Waals surface area contributed by atoms with Gasteiger partial charge in [-0.15, -0.1) is 0 Å². The zero-order chi connectivity index (χ0) is 13.1. The van der Waals surface area contributed by atoms with E-state index < -0.39 is 0 Å². The van der Waals surface area contributed by atoms with Gasteiger partial charge in [0.05, 0.1) is 0 Å². The Labute approximate surface area is 115 Å². The number of benzene rings is 1. The molecular formula is C17H24N2. The van der Waals surface area contributed by atoms with Crippen molar-refractivity contribution >= 4 is 10.9 Å². The van der Waals surface area contributed by atoms with Gasteiger partial charge in [0.15, 0.2) is 0 Å². The Balaban J connectivity index is 1.55. The summed E-state index contributed by atoms with van der Waals surface area (Å²) < 4.78 is 2.39. The summed E-state index contributed by atoms with van der Waals surface area (Å²) in [7, 11) is 0. The lowest BCUT2D eigenvalue weighted by molar-refractivity contribution is 0.498. The Morgan fingerprint density at radius 1 is 1.21 bits per heavy atom. The topological polar surface area (TPSA) is 17.0 Å². The number of nitrogens with zero attached hydrogens (tertiary/aromatic N) is 1. The number of hydrogen-bond acceptors (Lipinski definition) is 1. The van der Waals surface area contributed by atoms with E-state index in [1.165, 1.54) is 48.6 Å². The number of fused-ring (bicyclic) bond motifs is 1. The molecule has 2 nitrogen and oxygen atoms in total. The van der Waals surface area contributed by atoms with Gasteiger partial charge < -0.3 is 9.88 Å². The molecule has 0 aliphatic heterocycles. The van der Waals surface area contributed by atoms with Crippen molar-refractivity contribution in [3.63, 3.8) is 0 Å². The second-order valence-corrected chi connectivity index (χ2v) is 5.81. The quantitative estimate of drug-likeness (QED) is 0.804. The van der Waals surface area contributed by atoms with E-state index in [1.807, 2.05) is 0 Å². The van der Waals surface area contributed by atoms with E-state index in [2.05, 4.69) is 47.3 Å². The summed E-state index contributed by atoms with van der Waals surface area (Å²) in [5.74, 6) is 0. The van der Waals surface area contributed by atoms with Crippen LogP contribution in [0.5, 0.6) is 0 Å². The van der Waals surface area contributed by atoms with Crippen LogP contribution in [0.1, 0.15) is 37.7 Å². The molecule has 19 heavy (non-hydrogen) atoms. The van der Waals surface area contributed by atoms with Crippen molar-refractivity contribution in [1.82, 2.24) is 9.88 Å². The maximum atomic E-state index is 3.69. The summed E-state index contributed by atoms with van der Waals surface area (Å²) in [5, 5.41) is 5.08. The molecular weight excluding hydrogens is 232 g/mol. The molecule has 0 spiro atoms. The van der Waals surface area contributed by atoms with E-state index in [1.54, 1.807) is 0 Å². The Bertz CT molecular complexity index is 535. The minimum Gasteiger partial charge on any atom is -0.347 e. The van der Waals surface area contributed by atoms with Gasteiger partial charge in [-0.05, 0) is 50.4 Å². The van der Waals surface area contributed by atoms with Crippen LogP contribution in [-0.4, -0.2) is 17.2 Å². The van der Waals surface area contributed by atoms with Crippen molar-refractivity contribution in [1.29, 1.82) is 0 Å². The first-order valence-electron chi connectivity index (χ1n) is 7.62. The van der Waals surface area contributed by atoms with Gasteiger partial charge in [-0.2, -0.15) is 0 Å². The summed E-state index contributed by atoms with van der Waals surface area (Å²) in [5.41, 5.74) is 2.75. The number of hydrogen-bond donors (Lipinski definition) is 1. The van der Waals surface area contributed by atoms with Gasteiger partial charge in [-0.1, -0.05) is 25.0 Å².